The fraction of sp³-hybridized carbons (Fsp3) is 0. The van der Waals surface area contributed by atoms with Crippen molar-refractivity contribution in [2.75, 3.05) is 0 Å². The van der Waals surface area contributed by atoms with Crippen LogP contribution in [0.5, 0.6) is 0 Å². The monoisotopic (exact) mass is 128 g/mol. The summed E-state index contributed by atoms with van der Waals surface area (Å²) in [5.41, 5.74) is 0. The van der Waals surface area contributed by atoms with Crippen LogP contribution in [0.3, 0.4) is 0 Å². The van der Waals surface area contributed by atoms with Crippen molar-refractivity contribution in [3.63, 3.8) is 0 Å². The molecule has 0 atom stereocenters. The molecule has 7 heteroatoms. The van der Waals surface area contributed by atoms with Crippen LogP contribution in [0.15, 0.2) is 0 Å². The van der Waals surface area contributed by atoms with E-state index >= 15 is 0 Å². The standard InChI is InChI=1S/CH2O3.2B.2Na/c2-1(3)4;;;;/h(H2,2,3,4);;;;/q;;;2*+1/p-2. The Morgan fingerprint density at radius 3 is 1.00 bits per heavy atom. The van der Waals surface area contributed by atoms with Crippen LogP contribution in [0.1, 0.15) is 0 Å². The fourth-order valence-corrected chi connectivity index (χ4v) is 0. The van der Waals surface area contributed by atoms with E-state index in [1.807, 2.05) is 0 Å². The molecular weight excluding hydrogens is 128 g/mol. The summed E-state index contributed by atoms with van der Waals surface area (Å²) in [7, 11) is 0. The van der Waals surface area contributed by atoms with Crippen molar-refractivity contribution in [1.82, 2.24) is 0 Å². The van der Waals surface area contributed by atoms with E-state index < -0.39 is 6.16 Å². The molecular formula is CB2Na2O3. The molecule has 0 aliphatic heterocycles. The Hall–Kier alpha value is 1.40. The Bertz CT molecular complexity index is 38.3. The second kappa shape index (κ2) is 23.8. The van der Waals surface area contributed by atoms with Gasteiger partial charge in [0.1, 0.15) is 0 Å². The molecule has 0 saturated carbocycles. The number of hydrogen-bond acceptors (Lipinski definition) is 3. The van der Waals surface area contributed by atoms with Gasteiger partial charge < -0.3 is 15.0 Å². The van der Waals surface area contributed by atoms with Gasteiger partial charge in [0.25, 0.3) is 0 Å². The molecule has 30 valence electrons. The number of rotatable bonds is 0. The summed E-state index contributed by atoms with van der Waals surface area (Å²) in [4.78, 5) is 8.33. The van der Waals surface area contributed by atoms with Crippen molar-refractivity contribution in [1.29, 1.82) is 0 Å². The summed E-state index contributed by atoms with van der Waals surface area (Å²) in [6.45, 7) is 0. The van der Waals surface area contributed by atoms with Crippen LogP contribution in [-0.2, 0) is 0 Å². The molecule has 0 saturated heterocycles. The van der Waals surface area contributed by atoms with Gasteiger partial charge in [0.2, 0.25) is 0 Å². The minimum atomic E-state index is -2.33. The number of hydrogen-bond donors (Lipinski definition) is 0. The molecule has 0 aliphatic carbocycles. The van der Waals surface area contributed by atoms with E-state index in [9.17, 15) is 0 Å². The van der Waals surface area contributed by atoms with Crippen LogP contribution in [0.4, 0.5) is 4.79 Å². The maximum Gasteiger partial charge on any atom is 1.00 e. The minimum absolute atomic E-state index is 0. The largest absolute Gasteiger partial charge is 1.00 e. The van der Waals surface area contributed by atoms with Crippen molar-refractivity contribution in [2.24, 2.45) is 0 Å². The van der Waals surface area contributed by atoms with Gasteiger partial charge in [0.05, 0.1) is 0 Å². The summed E-state index contributed by atoms with van der Waals surface area (Å²) < 4.78 is 0. The Morgan fingerprint density at radius 1 is 1.00 bits per heavy atom. The molecule has 0 fully saturated rings. The Labute approximate surface area is 96.0 Å². The van der Waals surface area contributed by atoms with Crippen LogP contribution >= 0.6 is 0 Å². The van der Waals surface area contributed by atoms with Gasteiger partial charge in [-0.1, -0.05) is 0 Å². The van der Waals surface area contributed by atoms with Gasteiger partial charge in [-0.15, -0.1) is 0 Å². The van der Waals surface area contributed by atoms with Crippen LogP contribution in [0, 0.1) is 0 Å². The summed E-state index contributed by atoms with van der Waals surface area (Å²) in [5, 5.41) is 16.7. The van der Waals surface area contributed by atoms with E-state index in [0.717, 1.165) is 0 Å². The number of carboxylic acid groups (broad SMARTS) is 2. The van der Waals surface area contributed by atoms with Gasteiger partial charge in [-0.25, -0.2) is 0 Å². The van der Waals surface area contributed by atoms with Gasteiger partial charge in [-0.05, 0) is 6.16 Å². The molecule has 6 radical (unpaired) electrons. The molecule has 8 heavy (non-hydrogen) atoms. The third-order valence-corrected chi connectivity index (χ3v) is 0. The normalized spacial score (nSPS) is 3.00. The minimum Gasteiger partial charge on any atom is -0.652 e. The zero-order valence-electron chi connectivity index (χ0n) is 4.88. The third kappa shape index (κ3) is 155. The van der Waals surface area contributed by atoms with Crippen molar-refractivity contribution >= 4 is 23.0 Å². The van der Waals surface area contributed by atoms with Crippen molar-refractivity contribution in [3.05, 3.63) is 0 Å². The van der Waals surface area contributed by atoms with Gasteiger partial charge in [0.15, 0.2) is 0 Å². The van der Waals surface area contributed by atoms with Crippen molar-refractivity contribution in [2.45, 2.75) is 0 Å². The maximum atomic E-state index is 8.33. The summed E-state index contributed by atoms with van der Waals surface area (Å²) >= 11 is 0. The van der Waals surface area contributed by atoms with Gasteiger partial charge in [0, 0.05) is 16.8 Å². The second-order valence-electron chi connectivity index (χ2n) is 0.250. The molecule has 0 aliphatic rings. The Kier molecular flexibility index (Phi) is 102. The molecule has 0 spiro atoms. The number of carbonyl (C=O) groups excluding carboxylic acids is 1. The number of carbonyl (C=O) groups is 1. The van der Waals surface area contributed by atoms with Gasteiger partial charge in [-0.3, -0.25) is 0 Å². The predicted octanol–water partition coefficient (Wildman–Crippen LogP) is -9.20. The van der Waals surface area contributed by atoms with Gasteiger partial charge >= 0.3 is 59.1 Å². The van der Waals surface area contributed by atoms with E-state index in [1.165, 1.54) is 0 Å². The van der Waals surface area contributed by atoms with Crippen molar-refractivity contribution < 1.29 is 74.1 Å². The molecule has 0 aromatic rings. The van der Waals surface area contributed by atoms with Crippen LogP contribution in [0.2, 0.25) is 0 Å². The second-order valence-corrected chi connectivity index (χ2v) is 0.250. The summed E-state index contributed by atoms with van der Waals surface area (Å²) in [6, 6.07) is 0. The Balaban J connectivity index is -0.00000000750. The average molecular weight is 128 g/mol. The van der Waals surface area contributed by atoms with Crippen LogP contribution < -0.4 is 69.3 Å². The van der Waals surface area contributed by atoms with Crippen LogP contribution in [-0.4, -0.2) is 23.0 Å². The third-order valence-electron chi connectivity index (χ3n) is 0. The first kappa shape index (κ1) is 34.3. The molecule has 0 N–H and O–H groups in total. The summed E-state index contributed by atoms with van der Waals surface area (Å²) in [5.74, 6) is 0. The molecule has 0 unspecified atom stereocenters. The van der Waals surface area contributed by atoms with E-state index in [-0.39, 0.29) is 75.9 Å². The molecule has 0 aromatic heterocycles. The molecule has 0 rings (SSSR count). The zero-order valence-corrected chi connectivity index (χ0v) is 8.88. The first-order valence-electron chi connectivity index (χ1n) is 0.612. The smallest absolute Gasteiger partial charge is 0.652 e. The van der Waals surface area contributed by atoms with Gasteiger partial charge in [-0.2, -0.15) is 0 Å². The maximum absolute atomic E-state index is 8.33. The first-order valence-corrected chi connectivity index (χ1v) is 0.612. The van der Waals surface area contributed by atoms with E-state index in [0.29, 0.717) is 0 Å². The average Bonchev–Trinajstić information content (AvgIpc) is 0.811. The molecule has 0 bridgehead atoms. The Morgan fingerprint density at radius 2 is 1.00 bits per heavy atom. The predicted molar refractivity (Wildman–Crippen MR) is 16.9 cm³/mol. The van der Waals surface area contributed by atoms with E-state index in [1.54, 1.807) is 0 Å². The van der Waals surface area contributed by atoms with Crippen molar-refractivity contribution in [3.8, 4) is 0 Å². The first-order chi connectivity index (χ1) is 1.73. The quantitative estimate of drug-likeness (QED) is 0.304. The molecule has 0 heterocycles. The summed E-state index contributed by atoms with van der Waals surface area (Å²) in [6.07, 6.45) is -2.33. The zero-order chi connectivity index (χ0) is 3.58. The van der Waals surface area contributed by atoms with E-state index in [4.69, 9.17) is 15.0 Å². The molecule has 0 aromatic carbocycles. The topological polar surface area (TPSA) is 63.2 Å². The van der Waals surface area contributed by atoms with Crippen LogP contribution in [0.25, 0.3) is 0 Å². The van der Waals surface area contributed by atoms with E-state index in [2.05, 4.69) is 0 Å². The fourth-order valence-electron chi connectivity index (χ4n) is 0. The molecule has 0 amide bonds. The SMILES string of the molecule is O=C([O-])[O-].[B].[B].[Na+].[Na+]. The molecule has 3 nitrogen and oxygen atoms in total.